The van der Waals surface area contributed by atoms with Crippen molar-refractivity contribution in [3.63, 3.8) is 0 Å². The van der Waals surface area contributed by atoms with Crippen LogP contribution in [0.1, 0.15) is 85.5 Å². The fraction of sp³-hybridized carbons (Fsp3) is 0.690. The highest BCUT2D eigenvalue weighted by molar-refractivity contribution is 6.65. The van der Waals surface area contributed by atoms with Crippen LogP contribution in [0.5, 0.6) is 0 Å². The molecule has 0 spiro atoms. The average molecular weight is 503 g/mol. The van der Waals surface area contributed by atoms with Gasteiger partial charge in [-0.3, -0.25) is 24.0 Å². The fourth-order valence-corrected chi connectivity index (χ4v) is 4.91. The highest BCUT2D eigenvalue weighted by Crippen LogP contribution is 2.47. The molecule has 7 heteroatoms. The molecule has 2 aliphatic rings. The molecule has 0 radical (unpaired) electrons. The molecule has 7 nitrogen and oxygen atoms in total. The van der Waals surface area contributed by atoms with Crippen molar-refractivity contribution in [3.05, 3.63) is 24.3 Å². The predicted octanol–water partition coefficient (Wildman–Crippen LogP) is 4.96. The number of fused-ring (bicyclic) bond motifs is 2. The van der Waals surface area contributed by atoms with Crippen LogP contribution < -0.4 is 0 Å². The molecule has 0 heterocycles. The van der Waals surface area contributed by atoms with Gasteiger partial charge in [0.2, 0.25) is 11.6 Å². The van der Waals surface area contributed by atoms with E-state index in [1.165, 1.54) is 7.11 Å². The van der Waals surface area contributed by atoms with E-state index in [0.717, 1.165) is 32.1 Å². The van der Waals surface area contributed by atoms with Gasteiger partial charge in [0.05, 0.1) is 12.5 Å². The van der Waals surface area contributed by atoms with Crippen LogP contribution in [0.3, 0.4) is 0 Å². The molecule has 36 heavy (non-hydrogen) atoms. The molecule has 0 amide bonds. The largest absolute Gasteiger partial charge is 0.469 e. The summed E-state index contributed by atoms with van der Waals surface area (Å²) in [7, 11) is 1.37. The molecule has 2 saturated carbocycles. The molecule has 5 unspecified atom stereocenters. The van der Waals surface area contributed by atoms with Gasteiger partial charge < -0.3 is 9.47 Å². The van der Waals surface area contributed by atoms with Gasteiger partial charge in [-0.15, -0.1) is 0 Å². The van der Waals surface area contributed by atoms with Gasteiger partial charge in [-0.1, -0.05) is 38.0 Å². The number of hydrogen-bond acceptors (Lipinski definition) is 7. The third kappa shape index (κ3) is 7.97. The van der Waals surface area contributed by atoms with Gasteiger partial charge in [0.25, 0.3) is 5.78 Å². The van der Waals surface area contributed by atoms with E-state index < -0.39 is 40.7 Å². The Hall–Kier alpha value is -2.57. The van der Waals surface area contributed by atoms with E-state index in [4.69, 9.17) is 4.74 Å². The van der Waals surface area contributed by atoms with Crippen LogP contribution >= 0.6 is 0 Å². The van der Waals surface area contributed by atoms with E-state index >= 15 is 0 Å². The van der Waals surface area contributed by atoms with Crippen molar-refractivity contribution in [2.75, 3.05) is 7.11 Å². The van der Waals surface area contributed by atoms with Gasteiger partial charge >= 0.3 is 11.9 Å². The summed E-state index contributed by atoms with van der Waals surface area (Å²) in [5.74, 6) is -4.20. The van der Waals surface area contributed by atoms with Crippen molar-refractivity contribution in [2.24, 2.45) is 29.1 Å². The number of allylic oxidation sites excluding steroid dienone is 3. The molecule has 0 aromatic rings. The topological polar surface area (TPSA) is 104 Å². The van der Waals surface area contributed by atoms with Crippen molar-refractivity contribution < 1.29 is 33.4 Å². The van der Waals surface area contributed by atoms with Crippen molar-refractivity contribution in [2.45, 2.75) is 91.6 Å². The summed E-state index contributed by atoms with van der Waals surface area (Å²) in [5.41, 5.74) is -0.630. The molecule has 2 aliphatic carbocycles. The molecule has 0 N–H and O–H groups in total. The molecule has 200 valence electrons. The van der Waals surface area contributed by atoms with E-state index in [2.05, 4.69) is 11.7 Å². The molecule has 2 bridgehead atoms. The number of carbonyl (C=O) groups is 5. The van der Waals surface area contributed by atoms with Crippen LogP contribution in [0.2, 0.25) is 0 Å². The van der Waals surface area contributed by atoms with Crippen LogP contribution in [0.4, 0.5) is 0 Å². The van der Waals surface area contributed by atoms with E-state index in [0.29, 0.717) is 25.7 Å². The molecular formula is C29H42O7. The summed E-state index contributed by atoms with van der Waals surface area (Å²) >= 11 is 0. The zero-order valence-electron chi connectivity index (χ0n) is 22.4. The Kier molecular flexibility index (Phi) is 11.3. The van der Waals surface area contributed by atoms with Crippen LogP contribution in [0.15, 0.2) is 24.3 Å². The normalized spacial score (nSPS) is 25.1. The van der Waals surface area contributed by atoms with Crippen molar-refractivity contribution in [1.29, 1.82) is 0 Å². The minimum atomic E-state index is -0.887. The zero-order valence-corrected chi connectivity index (χ0v) is 22.4. The van der Waals surface area contributed by atoms with Gasteiger partial charge in [-0.05, 0) is 77.2 Å². The number of methoxy groups -OCH3 is 1. The third-order valence-electron chi connectivity index (χ3n) is 7.10. The maximum absolute atomic E-state index is 12.7. The number of esters is 2. The molecule has 0 aromatic carbocycles. The first-order chi connectivity index (χ1) is 17.0. The smallest absolute Gasteiger partial charge is 0.311 e. The Morgan fingerprint density at radius 2 is 1.61 bits per heavy atom. The Labute approximate surface area is 215 Å². The van der Waals surface area contributed by atoms with Crippen molar-refractivity contribution in [3.8, 4) is 0 Å². The summed E-state index contributed by atoms with van der Waals surface area (Å²) in [6.07, 6.45) is 13.9. The molecule has 5 atom stereocenters. The van der Waals surface area contributed by atoms with E-state index in [1.54, 1.807) is 0 Å². The molecule has 2 rings (SSSR count). The maximum atomic E-state index is 12.7. The number of ether oxygens (including phenoxy) is 2. The van der Waals surface area contributed by atoms with E-state index in [1.807, 2.05) is 45.1 Å². The quantitative estimate of drug-likeness (QED) is 0.152. The lowest BCUT2D eigenvalue weighted by molar-refractivity contribution is -0.156. The van der Waals surface area contributed by atoms with Crippen molar-refractivity contribution in [1.82, 2.24) is 0 Å². The molecule has 0 saturated heterocycles. The highest BCUT2D eigenvalue weighted by atomic mass is 16.5. The second kappa shape index (κ2) is 13.7. The molecule has 0 aliphatic heterocycles. The van der Waals surface area contributed by atoms with Crippen LogP contribution in [-0.2, 0) is 33.4 Å². The number of carbonyl (C=O) groups excluding carboxylic acids is 5. The Balaban J connectivity index is 2.18. The van der Waals surface area contributed by atoms with Crippen LogP contribution in [0, 0.1) is 29.1 Å². The van der Waals surface area contributed by atoms with E-state index in [-0.39, 0.29) is 23.8 Å². The van der Waals surface area contributed by atoms with Crippen LogP contribution in [0.25, 0.3) is 0 Å². The van der Waals surface area contributed by atoms with E-state index in [9.17, 15) is 24.0 Å². The Morgan fingerprint density at radius 1 is 0.972 bits per heavy atom. The fourth-order valence-electron chi connectivity index (χ4n) is 4.91. The van der Waals surface area contributed by atoms with Gasteiger partial charge in [0.15, 0.2) is 0 Å². The van der Waals surface area contributed by atoms with Crippen molar-refractivity contribution >= 4 is 29.3 Å². The summed E-state index contributed by atoms with van der Waals surface area (Å²) < 4.78 is 10.4. The predicted molar refractivity (Wildman–Crippen MR) is 136 cm³/mol. The standard InChI is InChI=1S/C29H42O7/c1-6-7-10-13-19(36-28(34)29(2,3)4)16-17-21-20(14-11-8-9-12-15-24(30)35-5)22-18-23(21)26(32)27(33)25(22)31/h11,14,16-17,19-23H,6-10,12-13,15,18H2,1-5H3/b14-11?,17-16+. The third-order valence-corrected chi connectivity index (χ3v) is 7.10. The number of ketones is 3. The zero-order chi connectivity index (χ0) is 26.9. The number of unbranched alkanes of at least 4 members (excludes halogenated alkanes) is 4. The van der Waals surface area contributed by atoms with Gasteiger partial charge in [0, 0.05) is 18.3 Å². The first-order valence-electron chi connectivity index (χ1n) is 13.3. The Morgan fingerprint density at radius 3 is 2.19 bits per heavy atom. The van der Waals surface area contributed by atoms with Crippen LogP contribution in [-0.4, -0.2) is 42.5 Å². The lowest BCUT2D eigenvalue weighted by atomic mass is 9.84. The molecule has 2 fully saturated rings. The lowest BCUT2D eigenvalue weighted by Crippen LogP contribution is -2.38. The summed E-state index contributed by atoms with van der Waals surface area (Å²) in [6, 6.07) is 0. The second-order valence-corrected chi connectivity index (χ2v) is 11.0. The summed E-state index contributed by atoms with van der Waals surface area (Å²) in [5, 5.41) is 0. The number of Topliss-reactive ketones (excluding diaryl/α,β-unsaturated/α-hetero) is 3. The van der Waals surface area contributed by atoms with Gasteiger partial charge in [-0.2, -0.15) is 0 Å². The summed E-state index contributed by atoms with van der Waals surface area (Å²) in [6.45, 7) is 7.54. The number of hydrogen-bond donors (Lipinski definition) is 0. The Bertz CT molecular complexity index is 877. The first-order valence-corrected chi connectivity index (χ1v) is 13.3. The monoisotopic (exact) mass is 502 g/mol. The maximum Gasteiger partial charge on any atom is 0.311 e. The average Bonchev–Trinajstić information content (AvgIpc) is 3.17. The number of rotatable bonds is 13. The van der Waals surface area contributed by atoms with Gasteiger partial charge in [0.1, 0.15) is 6.10 Å². The second-order valence-electron chi connectivity index (χ2n) is 11.0. The summed E-state index contributed by atoms with van der Waals surface area (Å²) in [4.78, 5) is 61.4. The molecule has 0 aromatic heterocycles. The first kappa shape index (κ1) is 29.7. The molecular weight excluding hydrogens is 460 g/mol. The lowest BCUT2D eigenvalue weighted by Gasteiger charge is -2.23. The highest BCUT2D eigenvalue weighted by Gasteiger charge is 2.55. The van der Waals surface area contributed by atoms with Gasteiger partial charge in [-0.25, -0.2) is 0 Å². The minimum Gasteiger partial charge on any atom is -0.469 e. The minimum absolute atomic E-state index is 0.239. The SMILES string of the molecule is CCCCCC(/C=C/C1C2CC(C(=O)C(=O)C2=O)C1C=CCCCCC(=O)OC)OC(=O)C(C)(C)C.